The highest BCUT2D eigenvalue weighted by Crippen LogP contribution is 2.28. The third-order valence-corrected chi connectivity index (χ3v) is 4.29. The minimum atomic E-state index is -0.470. The Labute approximate surface area is 174 Å². The lowest BCUT2D eigenvalue weighted by Crippen LogP contribution is -2.09. The van der Waals surface area contributed by atoms with E-state index in [2.05, 4.69) is 20.6 Å². The average Bonchev–Trinajstić information content (AvgIpc) is 2.79. The third kappa shape index (κ3) is 5.24. The molecule has 3 rings (SSSR count). The smallest absolute Gasteiger partial charge is 0.341 e. The molecule has 3 aromatic rings. The molecule has 0 fully saturated rings. The van der Waals surface area contributed by atoms with Gasteiger partial charge in [0.1, 0.15) is 17.1 Å². The lowest BCUT2D eigenvalue weighted by Gasteiger charge is -2.13. The van der Waals surface area contributed by atoms with Crippen LogP contribution in [0.15, 0.2) is 54.6 Å². The van der Waals surface area contributed by atoms with Crippen LogP contribution in [0, 0.1) is 0 Å². The molecule has 0 bridgehead atoms. The minimum absolute atomic E-state index is 0.0861. The Kier molecular flexibility index (Phi) is 7.18. The van der Waals surface area contributed by atoms with Crippen LogP contribution in [0.25, 0.3) is 11.3 Å². The summed E-state index contributed by atoms with van der Waals surface area (Å²) in [5, 5.41) is 15.4. The maximum atomic E-state index is 11.9. The van der Waals surface area contributed by atoms with Crippen LogP contribution >= 0.6 is 0 Å². The Morgan fingerprint density at radius 2 is 1.87 bits per heavy atom. The first-order valence-electron chi connectivity index (χ1n) is 9.47. The lowest BCUT2D eigenvalue weighted by atomic mass is 10.1. The summed E-state index contributed by atoms with van der Waals surface area (Å²) in [6.45, 7) is 0.638. The molecular formula is C22H24N4O4. The highest BCUT2D eigenvalue weighted by molar-refractivity contribution is 5.93. The second kappa shape index (κ2) is 10.2. The van der Waals surface area contributed by atoms with E-state index >= 15 is 0 Å². The van der Waals surface area contributed by atoms with Crippen LogP contribution in [0.4, 0.5) is 17.5 Å². The van der Waals surface area contributed by atoms with Crippen molar-refractivity contribution in [2.24, 2.45) is 0 Å². The highest BCUT2D eigenvalue weighted by Gasteiger charge is 2.14. The van der Waals surface area contributed by atoms with Crippen LogP contribution in [0.5, 0.6) is 5.75 Å². The number of rotatable bonds is 9. The van der Waals surface area contributed by atoms with Gasteiger partial charge in [-0.25, -0.2) is 9.78 Å². The summed E-state index contributed by atoms with van der Waals surface area (Å²) in [5.41, 5.74) is 2.73. The number of nitrogens with zero attached hydrogens (tertiary/aromatic N) is 2. The van der Waals surface area contributed by atoms with Gasteiger partial charge in [-0.05, 0) is 18.6 Å². The number of aliphatic hydroxyl groups is 1. The van der Waals surface area contributed by atoms with E-state index in [1.165, 1.54) is 14.2 Å². The number of carbonyl (C=O) groups excluding carboxylic acids is 1. The number of hydrogen-bond acceptors (Lipinski definition) is 8. The number of ether oxygens (including phenoxy) is 2. The number of carbonyl (C=O) groups is 1. The van der Waals surface area contributed by atoms with Crippen molar-refractivity contribution in [2.45, 2.75) is 6.42 Å². The normalized spacial score (nSPS) is 10.4. The molecule has 0 saturated carbocycles. The summed E-state index contributed by atoms with van der Waals surface area (Å²) in [4.78, 5) is 20.9. The van der Waals surface area contributed by atoms with E-state index in [0.29, 0.717) is 41.7 Å². The van der Waals surface area contributed by atoms with E-state index in [0.717, 1.165) is 11.3 Å². The van der Waals surface area contributed by atoms with E-state index in [9.17, 15) is 4.79 Å². The summed E-state index contributed by atoms with van der Waals surface area (Å²) in [5.74, 6) is 0.946. The number of benzene rings is 2. The number of hydrogen-bond donors (Lipinski definition) is 3. The van der Waals surface area contributed by atoms with Gasteiger partial charge in [0.2, 0.25) is 5.95 Å². The van der Waals surface area contributed by atoms with Gasteiger partial charge < -0.3 is 25.2 Å². The predicted octanol–water partition coefficient (Wildman–Crippen LogP) is 3.48. The number of aromatic nitrogens is 2. The molecule has 8 nitrogen and oxygen atoms in total. The zero-order valence-corrected chi connectivity index (χ0v) is 16.9. The second-order valence-electron chi connectivity index (χ2n) is 6.36. The number of nitrogens with one attached hydrogen (secondary N) is 2. The van der Waals surface area contributed by atoms with Gasteiger partial charge in [0.05, 0.1) is 19.9 Å². The van der Waals surface area contributed by atoms with Crippen molar-refractivity contribution in [1.82, 2.24) is 9.97 Å². The molecule has 0 spiro atoms. The first-order valence-corrected chi connectivity index (χ1v) is 9.47. The van der Waals surface area contributed by atoms with Crippen LogP contribution in [0.2, 0.25) is 0 Å². The summed E-state index contributed by atoms with van der Waals surface area (Å²) in [7, 11) is 2.82. The molecule has 0 radical (unpaired) electrons. The van der Waals surface area contributed by atoms with Gasteiger partial charge in [-0.2, -0.15) is 4.98 Å². The zero-order valence-electron chi connectivity index (χ0n) is 16.9. The van der Waals surface area contributed by atoms with Crippen LogP contribution in [0.1, 0.15) is 16.8 Å². The Balaban J connectivity index is 1.92. The number of anilines is 3. The van der Waals surface area contributed by atoms with Crippen molar-refractivity contribution in [3.63, 3.8) is 0 Å². The van der Waals surface area contributed by atoms with E-state index in [1.807, 2.05) is 36.4 Å². The monoisotopic (exact) mass is 408 g/mol. The first-order chi connectivity index (χ1) is 14.6. The van der Waals surface area contributed by atoms with Crippen molar-refractivity contribution < 1.29 is 19.4 Å². The van der Waals surface area contributed by atoms with Gasteiger partial charge in [-0.3, -0.25) is 0 Å². The Morgan fingerprint density at radius 3 is 2.57 bits per heavy atom. The molecule has 0 atom stereocenters. The molecule has 30 heavy (non-hydrogen) atoms. The highest BCUT2D eigenvalue weighted by atomic mass is 16.5. The molecule has 1 heterocycles. The van der Waals surface area contributed by atoms with Crippen LogP contribution in [-0.2, 0) is 4.74 Å². The summed E-state index contributed by atoms with van der Waals surface area (Å²) >= 11 is 0. The van der Waals surface area contributed by atoms with Crippen molar-refractivity contribution in [3.05, 3.63) is 60.2 Å². The Hall–Kier alpha value is -3.65. The van der Waals surface area contributed by atoms with Gasteiger partial charge in [0.25, 0.3) is 0 Å². The fourth-order valence-corrected chi connectivity index (χ4v) is 2.82. The molecule has 8 heteroatoms. The predicted molar refractivity (Wildman–Crippen MR) is 115 cm³/mol. The van der Waals surface area contributed by atoms with Crippen molar-refractivity contribution in [2.75, 3.05) is 38.0 Å². The third-order valence-electron chi connectivity index (χ3n) is 4.29. The molecule has 3 N–H and O–H groups in total. The zero-order chi connectivity index (χ0) is 21.3. The first kappa shape index (κ1) is 21.1. The van der Waals surface area contributed by atoms with Gasteiger partial charge in [-0.15, -0.1) is 0 Å². The van der Waals surface area contributed by atoms with E-state index < -0.39 is 5.97 Å². The van der Waals surface area contributed by atoms with Crippen LogP contribution in [0.3, 0.4) is 0 Å². The van der Waals surface area contributed by atoms with Gasteiger partial charge in [-0.1, -0.05) is 30.3 Å². The van der Waals surface area contributed by atoms with Crippen molar-refractivity contribution in [3.8, 4) is 17.0 Å². The molecule has 0 aliphatic rings. The summed E-state index contributed by atoms with van der Waals surface area (Å²) < 4.78 is 10.1. The Bertz CT molecular complexity index is 996. The SMILES string of the molecule is COC(=O)c1ccc(Nc2cc(-c3ccccc3)nc(NCCCO)n2)cc1OC. The molecule has 0 aliphatic carbocycles. The number of esters is 1. The van der Waals surface area contributed by atoms with Crippen LogP contribution < -0.4 is 15.4 Å². The topological polar surface area (TPSA) is 106 Å². The van der Waals surface area contributed by atoms with Crippen molar-refractivity contribution >= 4 is 23.4 Å². The molecule has 2 aromatic carbocycles. The van der Waals surface area contributed by atoms with Gasteiger partial charge in [0, 0.05) is 36.5 Å². The van der Waals surface area contributed by atoms with E-state index in [1.54, 1.807) is 18.2 Å². The molecular weight excluding hydrogens is 384 g/mol. The fourth-order valence-electron chi connectivity index (χ4n) is 2.82. The molecule has 0 unspecified atom stereocenters. The van der Waals surface area contributed by atoms with Crippen molar-refractivity contribution in [1.29, 1.82) is 0 Å². The summed E-state index contributed by atoms with van der Waals surface area (Å²) in [6.07, 6.45) is 0.591. The molecule has 156 valence electrons. The molecule has 0 aliphatic heterocycles. The number of methoxy groups -OCH3 is 2. The van der Waals surface area contributed by atoms with E-state index in [-0.39, 0.29) is 6.61 Å². The second-order valence-corrected chi connectivity index (χ2v) is 6.36. The number of aliphatic hydroxyl groups excluding tert-OH is 1. The fraction of sp³-hybridized carbons (Fsp3) is 0.227. The summed E-state index contributed by atoms with van der Waals surface area (Å²) in [6, 6.07) is 16.7. The largest absolute Gasteiger partial charge is 0.496 e. The molecule has 0 amide bonds. The van der Waals surface area contributed by atoms with Gasteiger partial charge in [0.15, 0.2) is 0 Å². The minimum Gasteiger partial charge on any atom is -0.496 e. The maximum absolute atomic E-state index is 11.9. The standard InChI is InChI=1S/C22H24N4O4/c1-29-19-13-16(9-10-17(19)21(28)30-2)24-20-14-18(15-7-4-3-5-8-15)25-22(26-20)23-11-6-12-27/h3-5,7-10,13-14,27H,6,11-12H2,1-2H3,(H2,23,24,25,26). The average molecular weight is 408 g/mol. The van der Waals surface area contributed by atoms with Gasteiger partial charge >= 0.3 is 5.97 Å². The van der Waals surface area contributed by atoms with E-state index in [4.69, 9.17) is 14.6 Å². The quantitative estimate of drug-likeness (QED) is 0.365. The maximum Gasteiger partial charge on any atom is 0.341 e. The van der Waals surface area contributed by atoms with Crippen LogP contribution in [-0.4, -0.2) is 48.4 Å². The molecule has 1 aromatic heterocycles. The lowest BCUT2D eigenvalue weighted by molar-refractivity contribution is 0.0597. The molecule has 0 saturated heterocycles. The Morgan fingerprint density at radius 1 is 1.07 bits per heavy atom.